The van der Waals surface area contributed by atoms with Gasteiger partial charge in [0.25, 0.3) is 5.91 Å². The van der Waals surface area contributed by atoms with Crippen molar-refractivity contribution in [2.75, 3.05) is 26.0 Å². The first-order chi connectivity index (χ1) is 9.50. The summed E-state index contributed by atoms with van der Waals surface area (Å²) in [5, 5.41) is 11.7. The van der Waals surface area contributed by atoms with E-state index < -0.39 is 5.97 Å². The molecule has 1 aromatic rings. The van der Waals surface area contributed by atoms with Gasteiger partial charge in [0, 0.05) is 38.9 Å². The molecular weight excluding hydrogens is 258 g/mol. The van der Waals surface area contributed by atoms with Crippen LogP contribution in [0.15, 0.2) is 18.3 Å². The van der Waals surface area contributed by atoms with E-state index >= 15 is 0 Å². The molecule has 1 rings (SSSR count). The maximum atomic E-state index is 11.8. The fourth-order valence-electron chi connectivity index (χ4n) is 1.70. The summed E-state index contributed by atoms with van der Waals surface area (Å²) in [4.78, 5) is 27.6. The summed E-state index contributed by atoms with van der Waals surface area (Å²) >= 11 is 0. The van der Waals surface area contributed by atoms with Crippen LogP contribution in [-0.2, 0) is 4.79 Å². The summed E-state index contributed by atoms with van der Waals surface area (Å²) in [5.74, 6) is -0.881. The van der Waals surface area contributed by atoms with Crippen LogP contribution in [0.3, 0.4) is 0 Å². The maximum Gasteiger partial charge on any atom is 0.303 e. The molecule has 0 fully saturated rings. The molecule has 2 N–H and O–H groups in total. The lowest BCUT2D eigenvalue weighted by Gasteiger charge is -2.11. The molecule has 0 aromatic carbocycles. The number of hydrogen-bond donors (Lipinski definition) is 2. The van der Waals surface area contributed by atoms with Crippen LogP contribution < -0.4 is 5.32 Å². The first-order valence-electron chi connectivity index (χ1n) is 6.64. The number of hydrogen-bond acceptors (Lipinski definition) is 4. The zero-order valence-electron chi connectivity index (χ0n) is 11.9. The van der Waals surface area contributed by atoms with Crippen LogP contribution in [0.4, 0.5) is 5.69 Å². The van der Waals surface area contributed by atoms with Gasteiger partial charge < -0.3 is 15.3 Å². The van der Waals surface area contributed by atoms with E-state index in [4.69, 9.17) is 5.11 Å². The van der Waals surface area contributed by atoms with Gasteiger partial charge in [0.15, 0.2) is 0 Å². The molecule has 0 aliphatic carbocycles. The smallest absolute Gasteiger partial charge is 0.303 e. The number of unbranched alkanes of at least 4 members (excludes halogenated alkanes) is 2. The number of carboxylic acid groups (broad SMARTS) is 1. The molecule has 0 unspecified atom stereocenters. The molecule has 0 bridgehead atoms. The summed E-state index contributed by atoms with van der Waals surface area (Å²) in [7, 11) is 3.37. The summed E-state index contributed by atoms with van der Waals surface area (Å²) < 4.78 is 0. The third-order valence-corrected chi connectivity index (χ3v) is 2.78. The fourth-order valence-corrected chi connectivity index (χ4v) is 1.70. The van der Waals surface area contributed by atoms with Gasteiger partial charge in [-0.3, -0.25) is 14.6 Å². The number of carbonyl (C=O) groups is 2. The zero-order chi connectivity index (χ0) is 15.0. The summed E-state index contributed by atoms with van der Waals surface area (Å²) in [5.41, 5.74) is 1.26. The van der Waals surface area contributed by atoms with Crippen molar-refractivity contribution in [2.24, 2.45) is 0 Å². The Morgan fingerprint density at radius 2 is 2.05 bits per heavy atom. The minimum atomic E-state index is -0.751. The summed E-state index contributed by atoms with van der Waals surface area (Å²) in [6.07, 6.45) is 4.28. The first kappa shape index (κ1) is 15.9. The number of pyridine rings is 1. The second-order valence-corrected chi connectivity index (χ2v) is 4.76. The number of carbonyl (C=O) groups excluding carboxylic acids is 1. The van der Waals surface area contributed by atoms with Crippen molar-refractivity contribution in [1.29, 1.82) is 0 Å². The Morgan fingerprint density at radius 1 is 1.30 bits per heavy atom. The summed E-state index contributed by atoms with van der Waals surface area (Å²) in [6.45, 7) is 0.749. The van der Waals surface area contributed by atoms with Crippen molar-refractivity contribution < 1.29 is 14.7 Å². The normalized spacial score (nSPS) is 10.1. The highest BCUT2D eigenvalue weighted by atomic mass is 16.4. The minimum absolute atomic E-state index is 0.130. The Hall–Kier alpha value is -2.11. The maximum absolute atomic E-state index is 11.8. The van der Waals surface area contributed by atoms with Crippen molar-refractivity contribution >= 4 is 17.6 Å². The van der Waals surface area contributed by atoms with Gasteiger partial charge >= 0.3 is 5.97 Å². The molecule has 20 heavy (non-hydrogen) atoms. The Balaban J connectivity index is 2.35. The molecule has 0 saturated heterocycles. The molecule has 0 radical (unpaired) electrons. The van der Waals surface area contributed by atoms with E-state index in [1.54, 1.807) is 26.4 Å². The van der Waals surface area contributed by atoms with Crippen LogP contribution in [0.25, 0.3) is 0 Å². The van der Waals surface area contributed by atoms with Crippen molar-refractivity contribution in [1.82, 2.24) is 9.88 Å². The predicted octanol–water partition coefficient (Wildman–Crippen LogP) is 1.84. The monoisotopic (exact) mass is 279 g/mol. The number of carboxylic acids is 1. The van der Waals surface area contributed by atoms with E-state index in [1.807, 2.05) is 6.07 Å². The number of aliphatic carboxylic acids is 1. The van der Waals surface area contributed by atoms with Gasteiger partial charge in [-0.2, -0.15) is 0 Å². The molecule has 1 aromatic heterocycles. The molecule has 0 saturated carbocycles. The Bertz CT molecular complexity index is 461. The summed E-state index contributed by atoms with van der Waals surface area (Å²) in [6, 6.07) is 3.53. The largest absolute Gasteiger partial charge is 0.481 e. The molecule has 1 amide bonds. The first-order valence-corrected chi connectivity index (χ1v) is 6.64. The molecule has 6 heteroatoms. The van der Waals surface area contributed by atoms with E-state index in [2.05, 4.69) is 10.3 Å². The lowest BCUT2D eigenvalue weighted by atomic mass is 10.2. The van der Waals surface area contributed by atoms with E-state index in [0.29, 0.717) is 12.1 Å². The molecule has 0 atom stereocenters. The van der Waals surface area contributed by atoms with Gasteiger partial charge in [0.1, 0.15) is 5.69 Å². The van der Waals surface area contributed by atoms with E-state index in [1.165, 1.54) is 4.90 Å². The zero-order valence-corrected chi connectivity index (χ0v) is 11.9. The SMILES string of the molecule is CN(C)C(=O)c1cc(NCCCCCC(=O)O)ccn1. The number of amides is 1. The number of nitrogens with one attached hydrogen (secondary N) is 1. The second kappa shape index (κ2) is 8.14. The van der Waals surface area contributed by atoms with Crippen molar-refractivity contribution in [3.8, 4) is 0 Å². The van der Waals surface area contributed by atoms with E-state index in [0.717, 1.165) is 25.1 Å². The van der Waals surface area contributed by atoms with Gasteiger partial charge in [-0.15, -0.1) is 0 Å². The lowest BCUT2D eigenvalue weighted by molar-refractivity contribution is -0.137. The molecular formula is C14H21N3O3. The lowest BCUT2D eigenvalue weighted by Crippen LogP contribution is -2.22. The van der Waals surface area contributed by atoms with Gasteiger partial charge in [-0.1, -0.05) is 6.42 Å². The van der Waals surface area contributed by atoms with Gasteiger partial charge in [0.05, 0.1) is 0 Å². The Morgan fingerprint density at radius 3 is 2.70 bits per heavy atom. The predicted molar refractivity (Wildman–Crippen MR) is 76.8 cm³/mol. The van der Waals surface area contributed by atoms with Crippen LogP contribution in [0, 0.1) is 0 Å². The third kappa shape index (κ3) is 5.69. The highest BCUT2D eigenvalue weighted by Gasteiger charge is 2.09. The highest BCUT2D eigenvalue weighted by molar-refractivity contribution is 5.92. The van der Waals surface area contributed by atoms with Crippen LogP contribution in [-0.4, -0.2) is 47.5 Å². The van der Waals surface area contributed by atoms with Crippen LogP contribution in [0.1, 0.15) is 36.2 Å². The molecule has 6 nitrogen and oxygen atoms in total. The average molecular weight is 279 g/mol. The van der Waals surface area contributed by atoms with Gasteiger partial charge in [-0.05, 0) is 25.0 Å². The molecule has 0 spiro atoms. The number of aromatic nitrogens is 1. The van der Waals surface area contributed by atoms with Crippen molar-refractivity contribution in [3.05, 3.63) is 24.0 Å². The molecule has 0 aliphatic rings. The van der Waals surface area contributed by atoms with Crippen molar-refractivity contribution in [2.45, 2.75) is 25.7 Å². The standard InChI is InChI=1S/C14H21N3O3/c1-17(2)14(20)12-10-11(7-9-16-12)15-8-5-3-4-6-13(18)19/h7,9-10H,3-6,8H2,1-2H3,(H,15,16)(H,18,19). The fraction of sp³-hybridized carbons (Fsp3) is 0.500. The van der Waals surface area contributed by atoms with Crippen LogP contribution in [0.2, 0.25) is 0 Å². The number of anilines is 1. The molecule has 0 aliphatic heterocycles. The Kier molecular flexibility index (Phi) is 6.49. The Labute approximate surface area is 118 Å². The van der Waals surface area contributed by atoms with Crippen LogP contribution in [0.5, 0.6) is 0 Å². The highest BCUT2D eigenvalue weighted by Crippen LogP contribution is 2.10. The second-order valence-electron chi connectivity index (χ2n) is 4.76. The molecule has 110 valence electrons. The average Bonchev–Trinajstić information content (AvgIpc) is 2.41. The van der Waals surface area contributed by atoms with Gasteiger partial charge in [0.2, 0.25) is 0 Å². The number of rotatable bonds is 8. The van der Waals surface area contributed by atoms with Gasteiger partial charge in [-0.25, -0.2) is 0 Å². The number of nitrogens with zero attached hydrogens (tertiary/aromatic N) is 2. The quantitative estimate of drug-likeness (QED) is 0.709. The minimum Gasteiger partial charge on any atom is -0.481 e. The van der Waals surface area contributed by atoms with Crippen LogP contribution >= 0.6 is 0 Å². The van der Waals surface area contributed by atoms with E-state index in [9.17, 15) is 9.59 Å². The van der Waals surface area contributed by atoms with E-state index in [-0.39, 0.29) is 12.3 Å². The topological polar surface area (TPSA) is 82.5 Å². The van der Waals surface area contributed by atoms with Crippen molar-refractivity contribution in [3.63, 3.8) is 0 Å². The third-order valence-electron chi connectivity index (χ3n) is 2.78. The molecule has 1 heterocycles.